The van der Waals surface area contributed by atoms with Gasteiger partial charge in [0.25, 0.3) is 0 Å². The highest BCUT2D eigenvalue weighted by molar-refractivity contribution is 7.26. The monoisotopic (exact) mass is 1840 g/mol. The van der Waals surface area contributed by atoms with Crippen molar-refractivity contribution >= 4 is 207 Å². The maximum absolute atomic E-state index is 2.38. The summed E-state index contributed by atoms with van der Waals surface area (Å²) >= 11 is 3.75. The molecule has 0 saturated heterocycles. The van der Waals surface area contributed by atoms with Gasteiger partial charge in [-0.15, -0.1) is 22.7 Å². The van der Waals surface area contributed by atoms with E-state index in [0.29, 0.717) is 0 Å². The average molecular weight is 1840 g/mol. The molecule has 27 rings (SSSR count). The van der Waals surface area contributed by atoms with Crippen molar-refractivity contribution in [3.05, 3.63) is 546 Å². The fraction of sp³-hybridized carbons (Fsp3) is 0. The Morgan fingerprint density at radius 1 is 0.120 bits per heavy atom. The van der Waals surface area contributed by atoms with E-state index in [2.05, 4.69) is 566 Å². The molecule has 0 spiro atoms. The van der Waals surface area contributed by atoms with Gasteiger partial charge in [-0.05, 0) is 301 Å². The van der Waals surface area contributed by atoms with Crippen molar-refractivity contribution in [2.75, 3.05) is 19.6 Å². The number of fused-ring (bicyclic) bond motifs is 19. The molecular formula is C136H90N4S2. The van der Waals surface area contributed by atoms with Gasteiger partial charge in [0.05, 0.1) is 5.69 Å². The van der Waals surface area contributed by atoms with Crippen LogP contribution in [0.2, 0.25) is 0 Å². The van der Waals surface area contributed by atoms with Crippen molar-refractivity contribution in [2.24, 2.45) is 0 Å². The Balaban J connectivity index is 0.000000146. The Morgan fingerprint density at radius 3 is 0.655 bits per heavy atom. The summed E-state index contributed by atoms with van der Waals surface area (Å²) in [7, 11) is 0. The summed E-state index contributed by atoms with van der Waals surface area (Å²) in [4.78, 5) is 9.41. The molecule has 666 valence electrons. The molecule has 2 heterocycles. The number of hydrogen-bond acceptors (Lipinski definition) is 6. The van der Waals surface area contributed by atoms with Crippen LogP contribution in [0.4, 0.5) is 68.2 Å². The second-order valence-corrected chi connectivity index (χ2v) is 38.6. The SMILES string of the molecule is c1ccc(N(c2ccc(-c3ccc(N(c4ccc(-c5ccc6c7ccccc7c7ccccc7c6c5)cc4)c4ccc(-c5cccc6c5sc5ccccc56)cc4)cc3)cc2)c2cccc3ccccc23)cc1.c1ccc(N(c2ccccc2)c2ccc(-c3ccc(N(c4ccc(-c5ccc6c7ccccc7c7ccccc7c6c5)cc4)c4ccc(-c5cccc6c5sc5ccccc56)cc4)cc3)cc2)cc1. The van der Waals surface area contributed by atoms with Crippen LogP contribution in [0.25, 0.3) is 183 Å². The number of anilines is 12. The van der Waals surface area contributed by atoms with Gasteiger partial charge in [0.15, 0.2) is 0 Å². The predicted molar refractivity (Wildman–Crippen MR) is 613 cm³/mol. The van der Waals surface area contributed by atoms with E-state index in [1.54, 1.807) is 0 Å². The second kappa shape index (κ2) is 36.5. The maximum Gasteiger partial charge on any atom is 0.0540 e. The number of rotatable bonds is 18. The van der Waals surface area contributed by atoms with Crippen molar-refractivity contribution in [3.63, 3.8) is 0 Å². The normalized spacial score (nSPS) is 11.5. The summed E-state index contributed by atoms with van der Waals surface area (Å²) in [6.07, 6.45) is 0. The molecule has 0 aliphatic heterocycles. The molecule has 25 aromatic carbocycles. The average Bonchev–Trinajstić information content (AvgIpc) is 1.01. The number of para-hydroxylation sites is 3. The van der Waals surface area contributed by atoms with Crippen LogP contribution in [0.15, 0.2) is 546 Å². The van der Waals surface area contributed by atoms with E-state index in [9.17, 15) is 0 Å². The third-order valence-electron chi connectivity index (χ3n) is 28.3. The maximum atomic E-state index is 2.38. The van der Waals surface area contributed by atoms with Crippen LogP contribution in [-0.2, 0) is 0 Å². The van der Waals surface area contributed by atoms with Gasteiger partial charge < -0.3 is 19.6 Å². The molecule has 4 nitrogen and oxygen atoms in total. The summed E-state index contributed by atoms with van der Waals surface area (Å²) < 4.78 is 5.28. The first kappa shape index (κ1) is 84.5. The molecule has 0 atom stereocenters. The van der Waals surface area contributed by atoms with Gasteiger partial charge in [-0.2, -0.15) is 0 Å². The summed E-state index contributed by atoms with van der Waals surface area (Å²) in [6, 6.07) is 199. The van der Waals surface area contributed by atoms with E-state index in [1.165, 1.54) is 166 Å². The number of nitrogens with zero attached hydrogens (tertiary/aromatic N) is 4. The van der Waals surface area contributed by atoms with Crippen molar-refractivity contribution in [1.82, 2.24) is 0 Å². The molecule has 0 unspecified atom stereocenters. The second-order valence-electron chi connectivity index (χ2n) is 36.5. The lowest BCUT2D eigenvalue weighted by Crippen LogP contribution is -2.10. The summed E-state index contributed by atoms with van der Waals surface area (Å²) in [6.45, 7) is 0. The lowest BCUT2D eigenvalue weighted by molar-refractivity contribution is 1.28. The molecule has 0 fully saturated rings. The highest BCUT2D eigenvalue weighted by Gasteiger charge is 2.24. The molecule has 0 aliphatic rings. The van der Waals surface area contributed by atoms with Crippen LogP contribution < -0.4 is 19.6 Å². The smallest absolute Gasteiger partial charge is 0.0540 e. The van der Waals surface area contributed by atoms with Gasteiger partial charge >= 0.3 is 0 Å². The standard InChI is InChI=1S/C70H46N2S.C66H44N2S/c1-2-16-53(17-3-1)72(68-26-12-15-50-14-4-5-18-58(50)68)57-41-30-48(31-42-57)47-28-37-54(38-29-47)71(56-43-34-51(35-44-56)59-24-13-25-66-65-23-10-11-27-69(65)73-70(59)66)55-39-32-49(33-40-55)52-36-45-64-62-21-7-6-19-60(62)61-20-8-9-22-63(61)67(64)46-52;1-3-14-50(15-4-1)67(51-16-5-2-6-17-51)52-35-26-45(27-36-52)46-28-37-53(38-29-46)68(55-41-32-48(33-42-55)56-23-13-24-63-62-22-11-12-25-65(62)69-66(56)63)54-39-30-47(31-40-54)49-34-43-61-59-20-8-7-18-57(59)58-19-9-10-21-60(58)64(61)44-49/h1-46H;1-44H. The lowest BCUT2D eigenvalue weighted by atomic mass is 9.92. The van der Waals surface area contributed by atoms with Crippen LogP contribution in [0.3, 0.4) is 0 Å². The molecule has 0 aliphatic carbocycles. The molecule has 0 amide bonds. The zero-order chi connectivity index (χ0) is 93.9. The minimum atomic E-state index is 1.09. The Kier molecular flexibility index (Phi) is 21.7. The molecule has 0 N–H and O–H groups in total. The molecular weight excluding hydrogens is 1750 g/mol. The lowest BCUT2D eigenvalue weighted by Gasteiger charge is -2.27. The Morgan fingerprint density at radius 2 is 0.331 bits per heavy atom. The third kappa shape index (κ3) is 15.5. The first-order chi connectivity index (χ1) is 70.4. The fourth-order valence-electron chi connectivity index (χ4n) is 21.4. The highest BCUT2D eigenvalue weighted by Crippen LogP contribution is 2.50. The van der Waals surface area contributed by atoms with Crippen molar-refractivity contribution in [3.8, 4) is 66.8 Å². The zero-order valence-electron chi connectivity index (χ0n) is 77.6. The van der Waals surface area contributed by atoms with Crippen LogP contribution in [0.1, 0.15) is 0 Å². The Hall–Kier alpha value is -18.0. The van der Waals surface area contributed by atoms with Gasteiger partial charge in [0.1, 0.15) is 0 Å². The molecule has 0 radical (unpaired) electrons. The minimum Gasteiger partial charge on any atom is -0.311 e. The Bertz CT molecular complexity index is 9300. The summed E-state index contributed by atoms with van der Waals surface area (Å²) in [5.74, 6) is 0. The van der Waals surface area contributed by atoms with E-state index < -0.39 is 0 Å². The van der Waals surface area contributed by atoms with Gasteiger partial charge in [0.2, 0.25) is 0 Å². The summed E-state index contributed by atoms with van der Waals surface area (Å²) in [5, 5.41) is 23.1. The summed E-state index contributed by atoms with van der Waals surface area (Å²) in [5.41, 5.74) is 27.6. The fourth-order valence-corrected chi connectivity index (χ4v) is 23.9. The molecule has 0 bridgehead atoms. The van der Waals surface area contributed by atoms with E-state index >= 15 is 0 Å². The first-order valence-electron chi connectivity index (χ1n) is 48.6. The van der Waals surface area contributed by atoms with Gasteiger partial charge in [-0.3, -0.25) is 0 Å². The quantitative estimate of drug-likeness (QED) is 0.0794. The van der Waals surface area contributed by atoms with Crippen molar-refractivity contribution in [2.45, 2.75) is 0 Å². The van der Waals surface area contributed by atoms with Gasteiger partial charge in [0, 0.05) is 108 Å². The molecule has 27 aromatic rings. The zero-order valence-corrected chi connectivity index (χ0v) is 79.2. The molecule has 0 saturated carbocycles. The molecule has 142 heavy (non-hydrogen) atoms. The van der Waals surface area contributed by atoms with Crippen LogP contribution in [-0.4, -0.2) is 0 Å². The van der Waals surface area contributed by atoms with E-state index in [-0.39, 0.29) is 0 Å². The van der Waals surface area contributed by atoms with Gasteiger partial charge in [-0.25, -0.2) is 0 Å². The van der Waals surface area contributed by atoms with Gasteiger partial charge in [-0.1, -0.05) is 382 Å². The van der Waals surface area contributed by atoms with Crippen LogP contribution >= 0.6 is 22.7 Å². The minimum absolute atomic E-state index is 1.09. The van der Waals surface area contributed by atoms with E-state index in [0.717, 1.165) is 84.9 Å². The Labute approximate surface area is 832 Å². The number of thiophene rings is 2. The van der Waals surface area contributed by atoms with E-state index in [4.69, 9.17) is 0 Å². The largest absolute Gasteiger partial charge is 0.311 e. The molecule has 2 aromatic heterocycles. The molecule has 6 heteroatoms. The third-order valence-corrected chi connectivity index (χ3v) is 30.7. The number of hydrogen-bond donors (Lipinski definition) is 0. The number of benzene rings is 25. The van der Waals surface area contributed by atoms with Crippen LogP contribution in [0, 0.1) is 0 Å². The van der Waals surface area contributed by atoms with Crippen LogP contribution in [0.5, 0.6) is 0 Å². The first-order valence-corrected chi connectivity index (χ1v) is 50.2. The van der Waals surface area contributed by atoms with E-state index in [1.807, 2.05) is 22.7 Å². The highest BCUT2D eigenvalue weighted by atomic mass is 32.1. The topological polar surface area (TPSA) is 13.0 Å². The van der Waals surface area contributed by atoms with Crippen molar-refractivity contribution in [1.29, 1.82) is 0 Å². The van der Waals surface area contributed by atoms with Crippen molar-refractivity contribution < 1.29 is 0 Å². The predicted octanol–water partition coefficient (Wildman–Crippen LogP) is 40.1.